The van der Waals surface area contributed by atoms with Gasteiger partial charge in [0.15, 0.2) is 5.17 Å². The molecule has 1 N–H and O–H groups in total. The molecule has 1 aliphatic rings. The molecule has 0 spiro atoms. The Morgan fingerprint density at radius 2 is 1.90 bits per heavy atom. The highest BCUT2D eigenvalue weighted by Gasteiger charge is 2.24. The van der Waals surface area contributed by atoms with E-state index in [9.17, 15) is 4.79 Å². The van der Waals surface area contributed by atoms with Gasteiger partial charge in [0, 0.05) is 27.6 Å². The van der Waals surface area contributed by atoms with Gasteiger partial charge in [-0.25, -0.2) is 4.99 Å². The number of carbonyl (C=O) groups excluding carboxylic acids is 1. The molecule has 0 aliphatic carbocycles. The van der Waals surface area contributed by atoms with E-state index in [1.54, 1.807) is 0 Å². The van der Waals surface area contributed by atoms with Gasteiger partial charge in [0.2, 0.25) is 0 Å². The fraction of sp³-hybridized carbons (Fsp3) is 0.0909. The number of aromatic nitrogens is 1. The number of hydrogen-bond donors (Lipinski definition) is 1. The van der Waals surface area contributed by atoms with Gasteiger partial charge in [-0.3, -0.25) is 4.79 Å². The first-order valence-corrected chi connectivity index (χ1v) is 10.5. The number of benzene rings is 2. The van der Waals surface area contributed by atoms with E-state index in [1.807, 2.05) is 79.2 Å². The van der Waals surface area contributed by atoms with E-state index < -0.39 is 0 Å². The first-order valence-electron chi connectivity index (χ1n) is 8.91. The Bertz CT molecular complexity index is 1180. The summed E-state index contributed by atoms with van der Waals surface area (Å²) in [7, 11) is 0. The van der Waals surface area contributed by atoms with Crippen molar-refractivity contribution in [2.24, 2.45) is 4.99 Å². The Kier molecular flexibility index (Phi) is 5.54. The number of rotatable bonds is 3. The van der Waals surface area contributed by atoms with E-state index in [-0.39, 0.29) is 5.91 Å². The van der Waals surface area contributed by atoms with Crippen LogP contribution in [0, 0.1) is 13.8 Å². The van der Waals surface area contributed by atoms with Crippen molar-refractivity contribution in [2.75, 3.05) is 0 Å². The van der Waals surface area contributed by atoms with Crippen LogP contribution in [-0.2, 0) is 4.79 Å². The topological polar surface area (TPSA) is 46.4 Å². The Hall–Kier alpha value is -2.47. The number of thioether (sulfide) groups is 1. The van der Waals surface area contributed by atoms with Crippen LogP contribution in [-0.4, -0.2) is 15.6 Å². The quantitative estimate of drug-likeness (QED) is 0.485. The van der Waals surface area contributed by atoms with E-state index in [0.717, 1.165) is 28.2 Å². The van der Waals surface area contributed by atoms with Crippen LogP contribution in [0.25, 0.3) is 11.8 Å². The maximum Gasteiger partial charge on any atom is 0.264 e. The molecule has 29 heavy (non-hydrogen) atoms. The van der Waals surface area contributed by atoms with Crippen LogP contribution in [0.2, 0.25) is 10.0 Å². The van der Waals surface area contributed by atoms with E-state index in [1.165, 1.54) is 11.8 Å². The standard InChI is InChI=1S/C22H17Cl2N3OS/c1-13-8-9-16(11-18(13)24)27-10-4-5-15(27)12-20-21(28)26-22(29-20)25-19-7-3-6-17(23)14(19)2/h3-12H,1-2H3,(H,25,26,28)/b20-12-. The van der Waals surface area contributed by atoms with Crippen LogP contribution >= 0.6 is 35.0 Å². The molecule has 0 atom stereocenters. The van der Waals surface area contributed by atoms with Crippen LogP contribution in [0.15, 0.2) is 64.6 Å². The first-order chi connectivity index (χ1) is 13.9. The molecule has 0 unspecified atom stereocenters. The van der Waals surface area contributed by atoms with E-state index in [4.69, 9.17) is 23.2 Å². The molecule has 3 aromatic rings. The number of nitrogens with zero attached hydrogens (tertiary/aromatic N) is 2. The van der Waals surface area contributed by atoms with Crippen LogP contribution in [0.3, 0.4) is 0 Å². The summed E-state index contributed by atoms with van der Waals surface area (Å²) in [5, 5.41) is 4.70. The van der Waals surface area contributed by atoms with Crippen molar-refractivity contribution in [1.29, 1.82) is 0 Å². The summed E-state index contributed by atoms with van der Waals surface area (Å²) in [6, 6.07) is 15.3. The minimum Gasteiger partial charge on any atom is -0.317 e. The largest absolute Gasteiger partial charge is 0.317 e. The number of amidine groups is 1. The van der Waals surface area contributed by atoms with Crippen molar-refractivity contribution in [2.45, 2.75) is 13.8 Å². The Labute approximate surface area is 183 Å². The summed E-state index contributed by atoms with van der Waals surface area (Å²) in [4.78, 5) is 17.6. The average molecular weight is 442 g/mol. The lowest BCUT2D eigenvalue weighted by Crippen LogP contribution is -2.19. The Morgan fingerprint density at radius 1 is 1.07 bits per heavy atom. The molecular formula is C22H17Cl2N3OS. The van der Waals surface area contributed by atoms with E-state index in [2.05, 4.69) is 10.3 Å². The van der Waals surface area contributed by atoms with Crippen LogP contribution in [0.1, 0.15) is 16.8 Å². The number of amides is 1. The minimum atomic E-state index is -0.178. The van der Waals surface area contributed by atoms with E-state index in [0.29, 0.717) is 20.1 Å². The SMILES string of the molecule is Cc1ccc(-n2cccc2/C=C2\SC(=Nc3cccc(Cl)c3C)NC2=O)cc1Cl. The molecule has 2 aromatic carbocycles. The Morgan fingerprint density at radius 3 is 2.69 bits per heavy atom. The number of carbonyl (C=O) groups is 1. The third kappa shape index (κ3) is 4.13. The van der Waals surface area contributed by atoms with Gasteiger partial charge in [0.1, 0.15) is 0 Å². The van der Waals surface area contributed by atoms with Gasteiger partial charge < -0.3 is 9.88 Å². The minimum absolute atomic E-state index is 0.178. The molecule has 1 fully saturated rings. The fourth-order valence-corrected chi connectivity index (χ4v) is 4.08. The van der Waals surface area contributed by atoms with Gasteiger partial charge in [0.25, 0.3) is 5.91 Å². The zero-order valence-corrected chi connectivity index (χ0v) is 18.1. The molecule has 1 saturated heterocycles. The number of aryl methyl sites for hydroxylation is 1. The second-order valence-corrected chi connectivity index (χ2v) is 8.45. The molecule has 1 aromatic heterocycles. The normalized spacial score (nSPS) is 16.6. The van der Waals surface area contributed by atoms with Crippen molar-refractivity contribution in [1.82, 2.24) is 9.88 Å². The summed E-state index contributed by atoms with van der Waals surface area (Å²) >= 11 is 13.7. The van der Waals surface area contributed by atoms with Gasteiger partial charge in [-0.2, -0.15) is 0 Å². The molecule has 4 nitrogen and oxygen atoms in total. The summed E-state index contributed by atoms with van der Waals surface area (Å²) < 4.78 is 1.99. The highest BCUT2D eigenvalue weighted by Crippen LogP contribution is 2.31. The molecule has 2 heterocycles. The fourth-order valence-electron chi connectivity index (χ4n) is 2.92. The molecule has 0 bridgehead atoms. The van der Waals surface area contributed by atoms with E-state index >= 15 is 0 Å². The zero-order valence-electron chi connectivity index (χ0n) is 15.7. The molecule has 0 saturated carbocycles. The van der Waals surface area contributed by atoms with Crippen molar-refractivity contribution >= 4 is 57.8 Å². The lowest BCUT2D eigenvalue weighted by molar-refractivity contribution is -0.115. The number of nitrogens with one attached hydrogen (secondary N) is 1. The highest BCUT2D eigenvalue weighted by atomic mass is 35.5. The van der Waals surface area contributed by atoms with Crippen LogP contribution < -0.4 is 5.32 Å². The van der Waals surface area contributed by atoms with Crippen molar-refractivity contribution in [3.05, 3.63) is 86.5 Å². The third-order valence-corrected chi connectivity index (χ3v) is 6.33. The number of hydrogen-bond acceptors (Lipinski definition) is 3. The van der Waals surface area contributed by atoms with Crippen LogP contribution in [0.5, 0.6) is 0 Å². The monoisotopic (exact) mass is 441 g/mol. The zero-order chi connectivity index (χ0) is 20.5. The molecule has 0 radical (unpaired) electrons. The van der Waals surface area contributed by atoms with Gasteiger partial charge in [-0.15, -0.1) is 0 Å². The van der Waals surface area contributed by atoms with Crippen molar-refractivity contribution < 1.29 is 4.79 Å². The van der Waals surface area contributed by atoms with Crippen molar-refractivity contribution in [3.63, 3.8) is 0 Å². The third-order valence-electron chi connectivity index (χ3n) is 4.60. The number of aliphatic imine (C=N–C) groups is 1. The molecule has 1 aliphatic heterocycles. The van der Waals surface area contributed by atoms with Gasteiger partial charge in [0.05, 0.1) is 10.6 Å². The summed E-state index contributed by atoms with van der Waals surface area (Å²) in [6.07, 6.45) is 3.79. The smallest absolute Gasteiger partial charge is 0.264 e. The maximum absolute atomic E-state index is 12.5. The summed E-state index contributed by atoms with van der Waals surface area (Å²) in [6.45, 7) is 3.87. The highest BCUT2D eigenvalue weighted by molar-refractivity contribution is 8.18. The van der Waals surface area contributed by atoms with Crippen LogP contribution in [0.4, 0.5) is 5.69 Å². The summed E-state index contributed by atoms with van der Waals surface area (Å²) in [5.41, 5.74) is 4.44. The predicted molar refractivity (Wildman–Crippen MR) is 123 cm³/mol. The van der Waals surface area contributed by atoms with Gasteiger partial charge in [-0.05, 0) is 79.2 Å². The Balaban J connectivity index is 1.64. The second-order valence-electron chi connectivity index (χ2n) is 6.60. The van der Waals surface area contributed by atoms with Gasteiger partial charge >= 0.3 is 0 Å². The maximum atomic E-state index is 12.5. The molecular weight excluding hydrogens is 425 g/mol. The molecule has 146 valence electrons. The predicted octanol–water partition coefficient (Wildman–Crippen LogP) is 6.29. The average Bonchev–Trinajstić information content (AvgIpc) is 3.28. The van der Waals surface area contributed by atoms with Crippen molar-refractivity contribution in [3.8, 4) is 5.69 Å². The molecule has 1 amide bonds. The first kappa shape index (κ1) is 19.8. The lowest BCUT2D eigenvalue weighted by atomic mass is 10.2. The molecule has 4 rings (SSSR count). The second kappa shape index (κ2) is 8.11. The summed E-state index contributed by atoms with van der Waals surface area (Å²) in [5.74, 6) is -0.178. The lowest BCUT2D eigenvalue weighted by Gasteiger charge is -2.08. The molecule has 7 heteroatoms. The number of halogens is 2. The van der Waals surface area contributed by atoms with Gasteiger partial charge in [-0.1, -0.05) is 35.3 Å².